The summed E-state index contributed by atoms with van der Waals surface area (Å²) in [7, 11) is -0.100. The lowest BCUT2D eigenvalue weighted by atomic mass is 10.1. The zero-order chi connectivity index (χ0) is 14.5. The van der Waals surface area contributed by atoms with Crippen LogP contribution in [0.15, 0.2) is 29.2 Å². The van der Waals surface area contributed by atoms with Gasteiger partial charge in [-0.25, -0.2) is 13.1 Å². The van der Waals surface area contributed by atoms with Gasteiger partial charge in [-0.1, -0.05) is 12.1 Å². The third kappa shape index (κ3) is 4.58. The Labute approximate surface area is 115 Å². The lowest BCUT2D eigenvalue weighted by molar-refractivity contribution is 0.122. The standard InChI is InChI=1S/C13H22N2O3S/c1-10(18-4)9-15-19(16,17)13-7-5-6-12(8-13)11(2)14-3/h5-8,10-11,14-15H,9H2,1-4H3. The van der Waals surface area contributed by atoms with Crippen LogP contribution in [0.2, 0.25) is 0 Å². The topological polar surface area (TPSA) is 67.4 Å². The third-order valence-electron chi connectivity index (χ3n) is 3.06. The first kappa shape index (κ1) is 16.1. The van der Waals surface area contributed by atoms with Crippen LogP contribution in [0, 0.1) is 0 Å². The van der Waals surface area contributed by atoms with Crippen molar-refractivity contribution in [3.63, 3.8) is 0 Å². The molecule has 2 unspecified atom stereocenters. The molecule has 2 atom stereocenters. The van der Waals surface area contributed by atoms with E-state index in [0.29, 0.717) is 0 Å². The maximum absolute atomic E-state index is 12.1. The van der Waals surface area contributed by atoms with Crippen molar-refractivity contribution in [1.29, 1.82) is 0 Å². The van der Waals surface area contributed by atoms with Gasteiger partial charge in [0.25, 0.3) is 0 Å². The van der Waals surface area contributed by atoms with E-state index in [-0.39, 0.29) is 23.6 Å². The van der Waals surface area contributed by atoms with Crippen LogP contribution >= 0.6 is 0 Å². The Bertz CT molecular complexity index is 502. The van der Waals surface area contributed by atoms with Crippen molar-refractivity contribution in [3.8, 4) is 0 Å². The van der Waals surface area contributed by atoms with Crippen LogP contribution in [0.25, 0.3) is 0 Å². The fourth-order valence-electron chi connectivity index (χ4n) is 1.51. The molecule has 1 aromatic carbocycles. The minimum atomic E-state index is -3.49. The number of sulfonamides is 1. The van der Waals surface area contributed by atoms with Crippen molar-refractivity contribution in [3.05, 3.63) is 29.8 Å². The SMILES string of the molecule is CNC(C)c1cccc(S(=O)(=O)NCC(C)OC)c1. The first-order valence-corrected chi connectivity index (χ1v) is 7.68. The molecule has 0 aliphatic carbocycles. The number of benzene rings is 1. The maximum Gasteiger partial charge on any atom is 0.240 e. The monoisotopic (exact) mass is 286 g/mol. The average Bonchev–Trinajstić information content (AvgIpc) is 2.44. The summed E-state index contributed by atoms with van der Waals surface area (Å²) in [6.45, 7) is 4.04. The number of nitrogens with one attached hydrogen (secondary N) is 2. The molecule has 0 spiro atoms. The van der Waals surface area contributed by atoms with Gasteiger partial charge in [-0.05, 0) is 38.6 Å². The molecule has 0 fully saturated rings. The first-order valence-electron chi connectivity index (χ1n) is 6.20. The fourth-order valence-corrected chi connectivity index (χ4v) is 2.68. The van der Waals surface area contributed by atoms with Crippen molar-refractivity contribution < 1.29 is 13.2 Å². The Kier molecular flexibility index (Phi) is 5.93. The summed E-state index contributed by atoms with van der Waals surface area (Å²) in [6, 6.07) is 7.02. The Morgan fingerprint density at radius 1 is 1.32 bits per heavy atom. The second-order valence-corrected chi connectivity index (χ2v) is 6.25. The highest BCUT2D eigenvalue weighted by atomic mass is 32.2. The smallest absolute Gasteiger partial charge is 0.240 e. The third-order valence-corrected chi connectivity index (χ3v) is 4.49. The highest BCUT2D eigenvalue weighted by Crippen LogP contribution is 2.17. The zero-order valence-electron chi connectivity index (χ0n) is 11.8. The predicted octanol–water partition coefficient (Wildman–Crippen LogP) is 1.28. The molecule has 0 aromatic heterocycles. The molecule has 19 heavy (non-hydrogen) atoms. The van der Waals surface area contributed by atoms with Gasteiger partial charge in [0.1, 0.15) is 0 Å². The second kappa shape index (κ2) is 7.00. The van der Waals surface area contributed by atoms with Gasteiger partial charge in [-0.3, -0.25) is 0 Å². The van der Waals surface area contributed by atoms with Crippen LogP contribution < -0.4 is 10.0 Å². The first-order chi connectivity index (χ1) is 8.90. The van der Waals surface area contributed by atoms with Crippen molar-refractivity contribution in [2.24, 2.45) is 0 Å². The van der Waals surface area contributed by atoms with Crippen LogP contribution in [-0.2, 0) is 14.8 Å². The highest BCUT2D eigenvalue weighted by molar-refractivity contribution is 7.89. The minimum Gasteiger partial charge on any atom is -0.380 e. The van der Waals surface area contributed by atoms with E-state index in [2.05, 4.69) is 10.0 Å². The molecule has 0 radical (unpaired) electrons. The minimum absolute atomic E-state index is 0.105. The highest BCUT2D eigenvalue weighted by Gasteiger charge is 2.16. The zero-order valence-corrected chi connectivity index (χ0v) is 12.6. The number of rotatable bonds is 7. The van der Waals surface area contributed by atoms with E-state index < -0.39 is 10.0 Å². The van der Waals surface area contributed by atoms with E-state index >= 15 is 0 Å². The van der Waals surface area contributed by atoms with Crippen LogP contribution in [0.5, 0.6) is 0 Å². The van der Waals surface area contributed by atoms with Gasteiger partial charge in [-0.15, -0.1) is 0 Å². The molecule has 0 saturated heterocycles. The molecular formula is C13H22N2O3S. The van der Waals surface area contributed by atoms with Crippen molar-refractivity contribution in [2.75, 3.05) is 20.7 Å². The van der Waals surface area contributed by atoms with E-state index in [0.717, 1.165) is 5.56 Å². The Morgan fingerprint density at radius 3 is 2.58 bits per heavy atom. The molecule has 108 valence electrons. The maximum atomic E-state index is 12.1. The van der Waals surface area contributed by atoms with Crippen LogP contribution in [0.1, 0.15) is 25.5 Å². The normalized spacial score (nSPS) is 15.2. The Morgan fingerprint density at radius 2 is 2.00 bits per heavy atom. The van der Waals surface area contributed by atoms with Gasteiger partial charge < -0.3 is 10.1 Å². The summed E-state index contributed by atoms with van der Waals surface area (Å²) in [5, 5.41) is 3.08. The van der Waals surface area contributed by atoms with Gasteiger partial charge in [0.05, 0.1) is 11.0 Å². The summed E-state index contributed by atoms with van der Waals surface area (Å²) in [4.78, 5) is 0.274. The van der Waals surface area contributed by atoms with Crippen LogP contribution in [0.3, 0.4) is 0 Å². The number of methoxy groups -OCH3 is 1. The van der Waals surface area contributed by atoms with Crippen LogP contribution in [-0.4, -0.2) is 35.2 Å². The lowest BCUT2D eigenvalue weighted by Crippen LogP contribution is -2.31. The van der Waals surface area contributed by atoms with E-state index in [1.807, 2.05) is 27.0 Å². The van der Waals surface area contributed by atoms with E-state index in [4.69, 9.17) is 4.74 Å². The predicted molar refractivity (Wildman–Crippen MR) is 75.6 cm³/mol. The fraction of sp³-hybridized carbons (Fsp3) is 0.538. The molecule has 0 saturated carbocycles. The molecule has 0 amide bonds. The van der Waals surface area contributed by atoms with E-state index in [9.17, 15) is 8.42 Å². The van der Waals surface area contributed by atoms with Crippen molar-refractivity contribution in [2.45, 2.75) is 30.9 Å². The number of hydrogen-bond donors (Lipinski definition) is 2. The summed E-state index contributed by atoms with van der Waals surface area (Å²) in [5.41, 5.74) is 0.935. The number of ether oxygens (including phenoxy) is 1. The Balaban J connectivity index is 2.89. The molecule has 0 bridgehead atoms. The van der Waals surface area contributed by atoms with Gasteiger partial charge in [-0.2, -0.15) is 0 Å². The Hall–Kier alpha value is -0.950. The summed E-state index contributed by atoms with van der Waals surface area (Å²) < 4.78 is 31.8. The molecule has 0 heterocycles. The van der Waals surface area contributed by atoms with Gasteiger partial charge >= 0.3 is 0 Å². The second-order valence-electron chi connectivity index (χ2n) is 4.48. The van der Waals surface area contributed by atoms with Gasteiger partial charge in [0.15, 0.2) is 0 Å². The largest absolute Gasteiger partial charge is 0.380 e. The molecule has 1 rings (SSSR count). The van der Waals surface area contributed by atoms with E-state index in [1.165, 1.54) is 0 Å². The average molecular weight is 286 g/mol. The quantitative estimate of drug-likeness (QED) is 0.792. The van der Waals surface area contributed by atoms with Crippen molar-refractivity contribution in [1.82, 2.24) is 10.0 Å². The lowest BCUT2D eigenvalue weighted by Gasteiger charge is -2.14. The van der Waals surface area contributed by atoms with Crippen molar-refractivity contribution >= 4 is 10.0 Å². The number of hydrogen-bond acceptors (Lipinski definition) is 4. The van der Waals surface area contributed by atoms with E-state index in [1.54, 1.807) is 25.3 Å². The molecule has 2 N–H and O–H groups in total. The molecule has 5 nitrogen and oxygen atoms in total. The summed E-state index contributed by atoms with van der Waals surface area (Å²) in [6.07, 6.45) is -0.158. The molecule has 6 heteroatoms. The summed E-state index contributed by atoms with van der Waals surface area (Å²) >= 11 is 0. The molecular weight excluding hydrogens is 264 g/mol. The molecule has 1 aromatic rings. The van der Waals surface area contributed by atoms with Gasteiger partial charge in [0, 0.05) is 19.7 Å². The molecule has 0 aliphatic rings. The van der Waals surface area contributed by atoms with Gasteiger partial charge in [0.2, 0.25) is 10.0 Å². The van der Waals surface area contributed by atoms with Crippen LogP contribution in [0.4, 0.5) is 0 Å². The summed E-state index contributed by atoms with van der Waals surface area (Å²) in [5.74, 6) is 0. The molecule has 0 aliphatic heterocycles.